The molecule has 0 bridgehead atoms. The van der Waals surface area contributed by atoms with Gasteiger partial charge in [-0.2, -0.15) is 0 Å². The number of nitrogens with zero attached hydrogens (tertiary/aromatic N) is 1. The van der Waals surface area contributed by atoms with E-state index in [-0.39, 0.29) is 0 Å². The molecule has 0 aliphatic heterocycles. The van der Waals surface area contributed by atoms with Crippen LogP contribution in [0.3, 0.4) is 0 Å². The standard InChI is InChI=1S/C12H27NO2/c1-5-13(8-6-10-14-4)9-7-11-15-12(2)3/h12H,5-11H2,1-4H3. The van der Waals surface area contributed by atoms with Gasteiger partial charge in [-0.1, -0.05) is 6.92 Å². The Kier molecular flexibility index (Phi) is 10.3. The minimum absolute atomic E-state index is 0.355. The summed E-state index contributed by atoms with van der Waals surface area (Å²) in [5, 5.41) is 0. The van der Waals surface area contributed by atoms with Gasteiger partial charge in [0.15, 0.2) is 0 Å². The zero-order chi connectivity index (χ0) is 11.5. The van der Waals surface area contributed by atoms with Crippen LogP contribution >= 0.6 is 0 Å². The van der Waals surface area contributed by atoms with Gasteiger partial charge in [-0.05, 0) is 33.2 Å². The van der Waals surface area contributed by atoms with Crippen molar-refractivity contribution < 1.29 is 9.47 Å². The molecule has 0 amide bonds. The maximum Gasteiger partial charge on any atom is 0.0518 e. The monoisotopic (exact) mass is 217 g/mol. The van der Waals surface area contributed by atoms with E-state index >= 15 is 0 Å². The lowest BCUT2D eigenvalue weighted by Gasteiger charge is -2.20. The summed E-state index contributed by atoms with van der Waals surface area (Å²) >= 11 is 0. The fourth-order valence-electron chi connectivity index (χ4n) is 1.47. The highest BCUT2D eigenvalue weighted by Crippen LogP contribution is 1.96. The molecule has 0 rings (SSSR count). The Morgan fingerprint density at radius 3 is 2.13 bits per heavy atom. The second-order valence-electron chi connectivity index (χ2n) is 4.05. The quantitative estimate of drug-likeness (QED) is 0.523. The molecule has 0 heterocycles. The molecule has 0 spiro atoms. The van der Waals surface area contributed by atoms with Gasteiger partial charge in [0.1, 0.15) is 0 Å². The highest BCUT2D eigenvalue weighted by atomic mass is 16.5. The van der Waals surface area contributed by atoms with Crippen LogP contribution in [0.15, 0.2) is 0 Å². The Hall–Kier alpha value is -0.120. The van der Waals surface area contributed by atoms with E-state index in [1.807, 2.05) is 0 Å². The predicted octanol–water partition coefficient (Wildman–Crippen LogP) is 2.16. The highest BCUT2D eigenvalue weighted by molar-refractivity contribution is 4.55. The van der Waals surface area contributed by atoms with Crippen molar-refractivity contribution in [2.75, 3.05) is 40.0 Å². The van der Waals surface area contributed by atoms with Crippen LogP contribution in [0.4, 0.5) is 0 Å². The molecule has 0 aliphatic rings. The molecule has 92 valence electrons. The van der Waals surface area contributed by atoms with Crippen LogP contribution in [0.1, 0.15) is 33.6 Å². The Labute approximate surface area is 94.7 Å². The number of hydrogen-bond acceptors (Lipinski definition) is 3. The summed E-state index contributed by atoms with van der Waals surface area (Å²) in [4.78, 5) is 2.45. The van der Waals surface area contributed by atoms with Crippen LogP contribution in [0.25, 0.3) is 0 Å². The zero-order valence-electron chi connectivity index (χ0n) is 10.8. The predicted molar refractivity (Wildman–Crippen MR) is 64.3 cm³/mol. The van der Waals surface area contributed by atoms with Gasteiger partial charge >= 0.3 is 0 Å². The second-order valence-corrected chi connectivity index (χ2v) is 4.05. The van der Waals surface area contributed by atoms with E-state index in [0.717, 1.165) is 45.7 Å². The summed E-state index contributed by atoms with van der Waals surface area (Å²) in [6.07, 6.45) is 2.60. The number of hydrogen-bond donors (Lipinski definition) is 0. The summed E-state index contributed by atoms with van der Waals surface area (Å²) < 4.78 is 10.6. The largest absolute Gasteiger partial charge is 0.385 e. The van der Waals surface area contributed by atoms with E-state index in [2.05, 4.69) is 25.7 Å². The van der Waals surface area contributed by atoms with Crippen molar-refractivity contribution >= 4 is 0 Å². The molecule has 0 N–H and O–H groups in total. The van der Waals surface area contributed by atoms with Gasteiger partial charge in [-0.3, -0.25) is 0 Å². The molecule has 3 nitrogen and oxygen atoms in total. The lowest BCUT2D eigenvalue weighted by Crippen LogP contribution is -2.27. The van der Waals surface area contributed by atoms with Gasteiger partial charge < -0.3 is 14.4 Å². The van der Waals surface area contributed by atoms with Crippen molar-refractivity contribution in [3.63, 3.8) is 0 Å². The van der Waals surface area contributed by atoms with E-state index in [0.29, 0.717) is 6.10 Å². The molecule has 0 aromatic rings. The zero-order valence-corrected chi connectivity index (χ0v) is 10.8. The SMILES string of the molecule is CCN(CCCOC)CCCOC(C)C. The van der Waals surface area contributed by atoms with E-state index in [9.17, 15) is 0 Å². The summed E-state index contributed by atoms with van der Waals surface area (Å²) in [6, 6.07) is 0. The lowest BCUT2D eigenvalue weighted by molar-refractivity contribution is 0.0701. The summed E-state index contributed by atoms with van der Waals surface area (Å²) in [5.41, 5.74) is 0. The Morgan fingerprint density at radius 1 is 1.07 bits per heavy atom. The third-order valence-corrected chi connectivity index (χ3v) is 2.34. The molecule has 0 unspecified atom stereocenters. The molecule has 15 heavy (non-hydrogen) atoms. The Bertz CT molecular complexity index is 129. The Balaban J connectivity index is 3.35. The van der Waals surface area contributed by atoms with E-state index in [1.165, 1.54) is 0 Å². The van der Waals surface area contributed by atoms with Crippen molar-refractivity contribution in [2.45, 2.75) is 39.7 Å². The van der Waals surface area contributed by atoms with Gasteiger partial charge in [-0.15, -0.1) is 0 Å². The van der Waals surface area contributed by atoms with Crippen molar-refractivity contribution in [3.8, 4) is 0 Å². The molecule has 3 heteroatoms. The molecule has 0 aliphatic carbocycles. The molecule has 0 saturated heterocycles. The fourth-order valence-corrected chi connectivity index (χ4v) is 1.47. The van der Waals surface area contributed by atoms with Crippen molar-refractivity contribution in [2.24, 2.45) is 0 Å². The van der Waals surface area contributed by atoms with Crippen LogP contribution in [0.2, 0.25) is 0 Å². The number of rotatable bonds is 10. The maximum absolute atomic E-state index is 5.51. The van der Waals surface area contributed by atoms with Crippen LogP contribution in [-0.4, -0.2) is 51.0 Å². The Morgan fingerprint density at radius 2 is 1.67 bits per heavy atom. The molecular weight excluding hydrogens is 190 g/mol. The molecule has 0 saturated carbocycles. The fraction of sp³-hybridized carbons (Fsp3) is 1.00. The van der Waals surface area contributed by atoms with Gasteiger partial charge in [-0.25, -0.2) is 0 Å². The summed E-state index contributed by atoms with van der Waals surface area (Å²) in [7, 11) is 1.76. The molecule has 0 fully saturated rings. The maximum atomic E-state index is 5.51. The minimum atomic E-state index is 0.355. The smallest absolute Gasteiger partial charge is 0.0518 e. The number of methoxy groups -OCH3 is 1. The third-order valence-electron chi connectivity index (χ3n) is 2.34. The number of ether oxygens (including phenoxy) is 2. The first-order chi connectivity index (χ1) is 7.20. The second kappa shape index (κ2) is 10.4. The topological polar surface area (TPSA) is 21.7 Å². The third kappa shape index (κ3) is 10.2. The van der Waals surface area contributed by atoms with Gasteiger partial charge in [0.2, 0.25) is 0 Å². The minimum Gasteiger partial charge on any atom is -0.385 e. The van der Waals surface area contributed by atoms with Crippen LogP contribution in [0.5, 0.6) is 0 Å². The van der Waals surface area contributed by atoms with Crippen molar-refractivity contribution in [1.82, 2.24) is 4.90 Å². The summed E-state index contributed by atoms with van der Waals surface area (Å²) in [5.74, 6) is 0. The summed E-state index contributed by atoms with van der Waals surface area (Å²) in [6.45, 7) is 11.5. The first-order valence-electron chi connectivity index (χ1n) is 6.03. The molecule has 0 radical (unpaired) electrons. The normalized spacial score (nSPS) is 11.6. The average Bonchev–Trinajstić information content (AvgIpc) is 2.21. The first-order valence-corrected chi connectivity index (χ1v) is 6.03. The van der Waals surface area contributed by atoms with E-state index in [1.54, 1.807) is 7.11 Å². The average molecular weight is 217 g/mol. The highest BCUT2D eigenvalue weighted by Gasteiger charge is 2.01. The molecule has 0 atom stereocenters. The van der Waals surface area contributed by atoms with Gasteiger partial charge in [0.05, 0.1) is 6.10 Å². The molecular formula is C12H27NO2. The van der Waals surface area contributed by atoms with Crippen molar-refractivity contribution in [3.05, 3.63) is 0 Å². The van der Waals surface area contributed by atoms with Gasteiger partial charge in [0, 0.05) is 33.4 Å². The van der Waals surface area contributed by atoms with E-state index < -0.39 is 0 Å². The van der Waals surface area contributed by atoms with Gasteiger partial charge in [0.25, 0.3) is 0 Å². The van der Waals surface area contributed by atoms with E-state index in [4.69, 9.17) is 9.47 Å². The van der Waals surface area contributed by atoms with Crippen LogP contribution < -0.4 is 0 Å². The first kappa shape index (κ1) is 14.9. The molecule has 0 aromatic heterocycles. The lowest BCUT2D eigenvalue weighted by atomic mass is 10.3. The van der Waals surface area contributed by atoms with Crippen LogP contribution in [-0.2, 0) is 9.47 Å². The molecule has 0 aromatic carbocycles. The van der Waals surface area contributed by atoms with Crippen molar-refractivity contribution in [1.29, 1.82) is 0 Å². The van der Waals surface area contributed by atoms with Crippen LogP contribution in [0, 0.1) is 0 Å².